The van der Waals surface area contributed by atoms with Gasteiger partial charge in [0, 0.05) is 89.5 Å². The summed E-state index contributed by atoms with van der Waals surface area (Å²) in [6, 6.07) is 8.56. The van der Waals surface area contributed by atoms with Crippen LogP contribution in [0.15, 0.2) is 55.2 Å². The maximum atomic E-state index is 11.6. The van der Waals surface area contributed by atoms with Crippen molar-refractivity contribution >= 4 is 23.1 Å². The van der Waals surface area contributed by atoms with Gasteiger partial charge in [-0.15, -0.1) is 5.10 Å². The molecule has 0 unspecified atom stereocenters. The molecular weight excluding hydrogens is 560 g/mol. The van der Waals surface area contributed by atoms with Gasteiger partial charge < -0.3 is 14.5 Å². The van der Waals surface area contributed by atoms with Gasteiger partial charge in [0.05, 0.1) is 37.3 Å². The van der Waals surface area contributed by atoms with Gasteiger partial charge in [-0.05, 0) is 11.1 Å². The third-order valence-electron chi connectivity index (χ3n) is 8.18. The fraction of sp³-hybridized carbons (Fsp3) is 0.400. The van der Waals surface area contributed by atoms with Crippen molar-refractivity contribution in [3.8, 4) is 22.4 Å². The lowest BCUT2D eigenvalue weighted by atomic mass is 10.1. The van der Waals surface area contributed by atoms with Crippen LogP contribution in [0.1, 0.15) is 12.5 Å². The zero-order valence-corrected chi connectivity index (χ0v) is 24.8. The first-order chi connectivity index (χ1) is 21.5. The van der Waals surface area contributed by atoms with Gasteiger partial charge in [-0.2, -0.15) is 5.10 Å². The van der Waals surface area contributed by atoms with Gasteiger partial charge in [-0.25, -0.2) is 24.6 Å². The first-order valence-corrected chi connectivity index (χ1v) is 14.8. The summed E-state index contributed by atoms with van der Waals surface area (Å²) in [7, 11) is 1.87. The maximum absolute atomic E-state index is 11.6. The summed E-state index contributed by atoms with van der Waals surface area (Å²) in [6.07, 6.45) is 8.96. The average Bonchev–Trinajstić information content (AvgIpc) is 3.67. The zero-order chi connectivity index (χ0) is 30.0. The van der Waals surface area contributed by atoms with Crippen LogP contribution in [0.5, 0.6) is 0 Å². The molecule has 14 heteroatoms. The van der Waals surface area contributed by atoms with Crippen LogP contribution in [0.3, 0.4) is 0 Å². The zero-order valence-electron chi connectivity index (χ0n) is 24.8. The Kier molecular flexibility index (Phi) is 7.66. The van der Waals surface area contributed by atoms with Gasteiger partial charge in [0.15, 0.2) is 5.65 Å². The Hall–Kier alpha value is -4.82. The van der Waals surface area contributed by atoms with Crippen molar-refractivity contribution in [3.63, 3.8) is 0 Å². The van der Waals surface area contributed by atoms with E-state index in [9.17, 15) is 4.79 Å². The second kappa shape index (κ2) is 12.1. The van der Waals surface area contributed by atoms with E-state index < -0.39 is 0 Å². The number of amides is 1. The highest BCUT2D eigenvalue weighted by atomic mass is 16.5. The minimum Gasteiger partial charge on any atom is -0.373 e. The van der Waals surface area contributed by atoms with Crippen LogP contribution >= 0.6 is 0 Å². The summed E-state index contributed by atoms with van der Waals surface area (Å²) >= 11 is 0. The van der Waals surface area contributed by atoms with Gasteiger partial charge in [-0.1, -0.05) is 29.5 Å². The number of carbonyl (C=O) groups excluding carboxylic acids is 1. The van der Waals surface area contributed by atoms with Gasteiger partial charge in [-0.3, -0.25) is 14.4 Å². The van der Waals surface area contributed by atoms with E-state index in [-0.39, 0.29) is 12.0 Å². The molecule has 1 amide bonds. The molecule has 0 saturated carbocycles. The van der Waals surface area contributed by atoms with Crippen molar-refractivity contribution in [3.05, 3.63) is 60.8 Å². The number of fused-ring (bicyclic) bond motifs is 1. The Morgan fingerprint density at radius 2 is 1.73 bits per heavy atom. The summed E-state index contributed by atoms with van der Waals surface area (Å²) in [5.41, 5.74) is 5.99. The number of aryl methyl sites for hydroxylation is 1. The van der Waals surface area contributed by atoms with Crippen LogP contribution in [-0.4, -0.2) is 112 Å². The molecule has 7 rings (SSSR count). The van der Waals surface area contributed by atoms with E-state index in [0.29, 0.717) is 49.2 Å². The number of ether oxygens (including phenoxy) is 1. The third kappa shape index (κ3) is 5.98. The molecule has 0 N–H and O–H groups in total. The number of hydrogen-bond donors (Lipinski definition) is 0. The highest BCUT2D eigenvalue weighted by molar-refractivity contribution is 5.73. The van der Waals surface area contributed by atoms with Crippen molar-refractivity contribution < 1.29 is 9.53 Å². The van der Waals surface area contributed by atoms with Gasteiger partial charge in [0.25, 0.3) is 0 Å². The third-order valence-corrected chi connectivity index (χ3v) is 8.18. The van der Waals surface area contributed by atoms with Crippen molar-refractivity contribution in [2.75, 3.05) is 50.8 Å². The molecule has 226 valence electrons. The molecule has 1 atom stereocenters. The van der Waals surface area contributed by atoms with Gasteiger partial charge in [0.1, 0.15) is 0 Å². The Morgan fingerprint density at radius 3 is 2.45 bits per heavy atom. The monoisotopic (exact) mass is 594 g/mol. The summed E-state index contributed by atoms with van der Waals surface area (Å²) in [4.78, 5) is 36.6. The number of anilines is 1. The number of morpholine rings is 1. The first-order valence-electron chi connectivity index (χ1n) is 14.8. The molecule has 1 aromatic carbocycles. The van der Waals surface area contributed by atoms with Crippen molar-refractivity contribution in [1.29, 1.82) is 0 Å². The minimum atomic E-state index is -0.140. The summed E-state index contributed by atoms with van der Waals surface area (Å²) < 4.78 is 9.55. The number of hydrogen-bond acceptors (Lipinski definition) is 11. The smallest absolute Gasteiger partial charge is 0.225 e. The molecule has 2 aliphatic rings. The fourth-order valence-corrected chi connectivity index (χ4v) is 5.69. The molecule has 14 nitrogen and oxygen atoms in total. The predicted molar refractivity (Wildman–Crippen MR) is 162 cm³/mol. The largest absolute Gasteiger partial charge is 0.373 e. The Bertz CT molecular complexity index is 1740. The standard InChI is InChI=1S/C30H34N12O2/c1-21(43)40-9-7-39(8-10-40)17-22-3-5-23(6-4-22)24-13-32-30(33-14-24)41-11-12-44-26(19-41)20-42-29-28(36-37-42)31-16-27(35-29)25-15-34-38(2)18-25/h3-6,13-16,18,26H,7-12,17,19-20H2,1-2H3/t26-/m0/s1. The summed E-state index contributed by atoms with van der Waals surface area (Å²) in [5.74, 6) is 0.827. The van der Waals surface area contributed by atoms with Crippen LogP contribution in [0, 0.1) is 0 Å². The number of rotatable bonds is 7. The molecular formula is C30H34N12O2. The average molecular weight is 595 g/mol. The van der Waals surface area contributed by atoms with E-state index in [0.717, 1.165) is 49.4 Å². The van der Waals surface area contributed by atoms with Crippen LogP contribution in [0.25, 0.3) is 33.7 Å². The predicted octanol–water partition coefficient (Wildman–Crippen LogP) is 1.65. The van der Waals surface area contributed by atoms with E-state index in [4.69, 9.17) is 19.7 Å². The van der Waals surface area contributed by atoms with E-state index in [1.807, 2.05) is 30.5 Å². The Labute approximate surface area is 254 Å². The van der Waals surface area contributed by atoms with E-state index in [1.54, 1.807) is 28.7 Å². The quantitative estimate of drug-likeness (QED) is 0.272. The molecule has 2 aliphatic heterocycles. The SMILES string of the molecule is CC(=O)N1CCN(Cc2ccc(-c3cnc(N4CCO[C@H](Cn5nnc6ncc(-c7cnn(C)c7)nc65)C4)nc3)cc2)CC1. The molecule has 0 aliphatic carbocycles. The lowest BCUT2D eigenvalue weighted by Crippen LogP contribution is -2.47. The Morgan fingerprint density at radius 1 is 0.932 bits per heavy atom. The molecule has 5 aromatic rings. The van der Waals surface area contributed by atoms with Crippen LogP contribution in [0.4, 0.5) is 5.95 Å². The molecule has 2 fully saturated rings. The molecule has 44 heavy (non-hydrogen) atoms. The molecule has 2 saturated heterocycles. The molecule has 4 aromatic heterocycles. The van der Waals surface area contributed by atoms with Crippen LogP contribution in [0.2, 0.25) is 0 Å². The van der Waals surface area contributed by atoms with Crippen molar-refractivity contribution in [1.82, 2.24) is 54.5 Å². The van der Waals surface area contributed by atoms with Gasteiger partial charge in [0.2, 0.25) is 17.5 Å². The molecule has 0 radical (unpaired) electrons. The second-order valence-corrected chi connectivity index (χ2v) is 11.3. The van der Waals surface area contributed by atoms with E-state index in [2.05, 4.69) is 54.5 Å². The number of nitrogens with zero attached hydrogens (tertiary/aromatic N) is 12. The molecule has 6 heterocycles. The van der Waals surface area contributed by atoms with Crippen LogP contribution < -0.4 is 4.90 Å². The lowest BCUT2D eigenvalue weighted by molar-refractivity contribution is -0.130. The topological polar surface area (TPSA) is 136 Å². The number of piperazine rings is 1. The highest BCUT2D eigenvalue weighted by Crippen LogP contribution is 2.22. The second-order valence-electron chi connectivity index (χ2n) is 11.3. The number of aromatic nitrogens is 9. The van der Waals surface area contributed by atoms with Crippen molar-refractivity contribution in [2.24, 2.45) is 7.05 Å². The normalized spacial score (nSPS) is 17.8. The number of benzene rings is 1. The van der Waals surface area contributed by atoms with Crippen molar-refractivity contribution in [2.45, 2.75) is 26.1 Å². The molecule has 0 bridgehead atoms. The maximum Gasteiger partial charge on any atom is 0.225 e. The summed E-state index contributed by atoms with van der Waals surface area (Å²) in [6.45, 7) is 8.25. The van der Waals surface area contributed by atoms with E-state index in [1.165, 1.54) is 5.56 Å². The summed E-state index contributed by atoms with van der Waals surface area (Å²) in [5, 5.41) is 12.7. The van der Waals surface area contributed by atoms with E-state index >= 15 is 0 Å². The minimum absolute atomic E-state index is 0.140. The Balaban J connectivity index is 0.973. The highest BCUT2D eigenvalue weighted by Gasteiger charge is 2.25. The fourth-order valence-electron chi connectivity index (χ4n) is 5.69. The number of carbonyl (C=O) groups is 1. The first kappa shape index (κ1) is 28.0. The van der Waals surface area contributed by atoms with Crippen LogP contribution in [-0.2, 0) is 29.7 Å². The lowest BCUT2D eigenvalue weighted by Gasteiger charge is -2.34. The van der Waals surface area contributed by atoms with Gasteiger partial charge >= 0.3 is 0 Å². The molecule has 0 spiro atoms.